The predicted octanol–water partition coefficient (Wildman–Crippen LogP) is 4.55. The van der Waals surface area contributed by atoms with Crippen molar-refractivity contribution in [2.24, 2.45) is 0 Å². The number of rotatable bonds is 6. The van der Waals surface area contributed by atoms with E-state index in [0.717, 1.165) is 34.8 Å². The molecule has 4 nitrogen and oxygen atoms in total. The maximum absolute atomic E-state index is 13.2. The predicted molar refractivity (Wildman–Crippen MR) is 97.0 cm³/mol. The van der Waals surface area contributed by atoms with Gasteiger partial charge in [-0.25, -0.2) is 14.4 Å². The average Bonchev–Trinajstić information content (AvgIpc) is 2.91. The van der Waals surface area contributed by atoms with Gasteiger partial charge in [0.15, 0.2) is 0 Å². The lowest BCUT2D eigenvalue weighted by Gasteiger charge is -2.15. The van der Waals surface area contributed by atoms with Crippen molar-refractivity contribution in [1.29, 1.82) is 0 Å². The first-order chi connectivity index (χ1) is 11.4. The van der Waals surface area contributed by atoms with Gasteiger partial charge in [0, 0.05) is 38.0 Å². The van der Waals surface area contributed by atoms with Crippen LogP contribution in [0.2, 0.25) is 25.7 Å². The number of hydrogen-bond donors (Lipinski definition) is 0. The minimum Gasteiger partial charge on any atom is -0.361 e. The van der Waals surface area contributed by atoms with E-state index in [9.17, 15) is 4.39 Å². The number of halogens is 1. The van der Waals surface area contributed by atoms with Crippen molar-refractivity contribution in [3.05, 3.63) is 48.8 Å². The Hall–Kier alpha value is -2.05. The van der Waals surface area contributed by atoms with Crippen LogP contribution < -0.4 is 0 Å². The fourth-order valence-electron chi connectivity index (χ4n) is 2.53. The van der Waals surface area contributed by atoms with Crippen LogP contribution in [0.3, 0.4) is 0 Å². The SMILES string of the molecule is C[Si](C)(C)CCOCn1cc(-c2ccc(F)cc2)c2cncnc21. The number of nitrogens with zero attached hydrogens (tertiary/aromatic N) is 3. The van der Waals surface area contributed by atoms with Crippen molar-refractivity contribution in [1.82, 2.24) is 14.5 Å². The van der Waals surface area contributed by atoms with Crippen LogP contribution >= 0.6 is 0 Å². The molecule has 1 aromatic carbocycles. The first-order valence-corrected chi connectivity index (χ1v) is 11.8. The summed E-state index contributed by atoms with van der Waals surface area (Å²) in [7, 11) is -1.10. The molecule has 0 aliphatic rings. The molecular formula is C18H22FN3OSi. The van der Waals surface area contributed by atoms with Gasteiger partial charge in [-0.1, -0.05) is 31.8 Å². The molecule has 0 saturated carbocycles. The molecule has 3 aromatic rings. The zero-order valence-electron chi connectivity index (χ0n) is 14.3. The molecule has 3 rings (SSSR count). The fraction of sp³-hybridized carbons (Fsp3) is 0.333. The van der Waals surface area contributed by atoms with Crippen molar-refractivity contribution < 1.29 is 9.13 Å². The summed E-state index contributed by atoms with van der Waals surface area (Å²) in [5.41, 5.74) is 2.76. The average molecular weight is 343 g/mol. The van der Waals surface area contributed by atoms with Crippen LogP contribution in [0.5, 0.6) is 0 Å². The summed E-state index contributed by atoms with van der Waals surface area (Å²) in [6.07, 6.45) is 5.33. The van der Waals surface area contributed by atoms with Gasteiger partial charge in [-0.2, -0.15) is 0 Å². The van der Waals surface area contributed by atoms with Crippen molar-refractivity contribution in [3.63, 3.8) is 0 Å². The standard InChI is InChI=1S/C18H22FN3OSi/c1-24(2,3)9-8-23-13-22-11-17(14-4-6-15(19)7-5-14)16-10-20-12-21-18(16)22/h4-7,10-12H,8-9,13H2,1-3H3. The van der Waals surface area contributed by atoms with Gasteiger partial charge < -0.3 is 9.30 Å². The zero-order chi connectivity index (χ0) is 17.2. The van der Waals surface area contributed by atoms with Crippen LogP contribution in [0.15, 0.2) is 43.0 Å². The smallest absolute Gasteiger partial charge is 0.145 e. The monoisotopic (exact) mass is 343 g/mol. The minimum atomic E-state index is -1.10. The van der Waals surface area contributed by atoms with Gasteiger partial charge in [0.2, 0.25) is 0 Å². The molecule has 0 aliphatic heterocycles. The van der Waals surface area contributed by atoms with E-state index in [1.54, 1.807) is 18.3 Å². The number of fused-ring (bicyclic) bond motifs is 1. The summed E-state index contributed by atoms with van der Waals surface area (Å²) in [5.74, 6) is -0.242. The van der Waals surface area contributed by atoms with E-state index in [-0.39, 0.29) is 5.82 Å². The molecule has 2 heterocycles. The van der Waals surface area contributed by atoms with E-state index in [2.05, 4.69) is 29.6 Å². The van der Waals surface area contributed by atoms with Crippen LogP contribution in [-0.4, -0.2) is 29.2 Å². The summed E-state index contributed by atoms with van der Waals surface area (Å²) in [5, 5.41) is 0.943. The molecule has 0 radical (unpaired) electrons. The highest BCUT2D eigenvalue weighted by Crippen LogP contribution is 2.29. The van der Waals surface area contributed by atoms with E-state index in [1.807, 2.05) is 10.8 Å². The Morgan fingerprint density at radius 2 is 1.92 bits per heavy atom. The third-order valence-corrected chi connectivity index (χ3v) is 5.62. The third kappa shape index (κ3) is 3.88. The highest BCUT2D eigenvalue weighted by atomic mass is 28.3. The fourth-order valence-corrected chi connectivity index (χ4v) is 3.28. The number of hydrogen-bond acceptors (Lipinski definition) is 3. The van der Waals surface area contributed by atoms with Crippen LogP contribution in [0.4, 0.5) is 4.39 Å². The molecule has 0 fully saturated rings. The van der Waals surface area contributed by atoms with Gasteiger partial charge in [0.05, 0.1) is 0 Å². The summed E-state index contributed by atoms with van der Waals surface area (Å²) < 4.78 is 21.0. The van der Waals surface area contributed by atoms with Crippen molar-refractivity contribution in [2.45, 2.75) is 32.4 Å². The summed E-state index contributed by atoms with van der Waals surface area (Å²) in [6.45, 7) is 8.22. The van der Waals surface area contributed by atoms with Crippen LogP contribution in [0.25, 0.3) is 22.2 Å². The van der Waals surface area contributed by atoms with Crippen LogP contribution in [0, 0.1) is 5.82 Å². The molecule has 0 N–H and O–H groups in total. The number of benzene rings is 1. The molecule has 0 bridgehead atoms. The Morgan fingerprint density at radius 1 is 1.17 bits per heavy atom. The van der Waals surface area contributed by atoms with Crippen LogP contribution in [-0.2, 0) is 11.5 Å². The Morgan fingerprint density at radius 3 is 2.62 bits per heavy atom. The van der Waals surface area contributed by atoms with Crippen molar-refractivity contribution >= 4 is 19.1 Å². The first-order valence-electron chi connectivity index (χ1n) is 8.06. The molecule has 0 atom stereocenters. The molecule has 0 saturated heterocycles. The molecule has 0 spiro atoms. The normalized spacial score (nSPS) is 12.0. The summed E-state index contributed by atoms with van der Waals surface area (Å²) in [4.78, 5) is 8.50. The van der Waals surface area contributed by atoms with Crippen LogP contribution in [0.1, 0.15) is 0 Å². The summed E-state index contributed by atoms with van der Waals surface area (Å²) >= 11 is 0. The summed E-state index contributed by atoms with van der Waals surface area (Å²) in [6, 6.07) is 7.60. The molecule has 2 aromatic heterocycles. The third-order valence-electron chi connectivity index (χ3n) is 3.92. The van der Waals surface area contributed by atoms with E-state index in [1.165, 1.54) is 18.5 Å². The Kier molecular flexibility index (Phi) is 4.77. The maximum Gasteiger partial charge on any atom is 0.145 e. The Balaban J connectivity index is 1.85. The highest BCUT2D eigenvalue weighted by Gasteiger charge is 2.14. The second-order valence-corrected chi connectivity index (χ2v) is 12.7. The van der Waals surface area contributed by atoms with Gasteiger partial charge >= 0.3 is 0 Å². The van der Waals surface area contributed by atoms with Gasteiger partial charge in [0.25, 0.3) is 0 Å². The lowest BCUT2D eigenvalue weighted by Crippen LogP contribution is -2.22. The Labute approximate surface area is 142 Å². The van der Waals surface area contributed by atoms with Gasteiger partial charge in [-0.15, -0.1) is 0 Å². The molecular weight excluding hydrogens is 321 g/mol. The van der Waals surface area contributed by atoms with Crippen molar-refractivity contribution in [2.75, 3.05) is 6.61 Å². The van der Waals surface area contributed by atoms with E-state index < -0.39 is 8.07 Å². The molecule has 0 amide bonds. The van der Waals surface area contributed by atoms with E-state index >= 15 is 0 Å². The number of aromatic nitrogens is 3. The number of ether oxygens (including phenoxy) is 1. The largest absolute Gasteiger partial charge is 0.361 e. The molecule has 0 unspecified atom stereocenters. The first kappa shape index (κ1) is 16.8. The highest BCUT2D eigenvalue weighted by molar-refractivity contribution is 6.76. The lowest BCUT2D eigenvalue weighted by atomic mass is 10.1. The topological polar surface area (TPSA) is 39.9 Å². The molecule has 126 valence electrons. The lowest BCUT2D eigenvalue weighted by molar-refractivity contribution is 0.0899. The molecule has 24 heavy (non-hydrogen) atoms. The quantitative estimate of drug-likeness (QED) is 0.487. The van der Waals surface area contributed by atoms with E-state index in [0.29, 0.717) is 6.73 Å². The molecule has 0 aliphatic carbocycles. The zero-order valence-corrected chi connectivity index (χ0v) is 15.3. The molecule has 6 heteroatoms. The Bertz CT molecular complexity index is 824. The maximum atomic E-state index is 13.2. The van der Waals surface area contributed by atoms with Gasteiger partial charge in [0.1, 0.15) is 24.5 Å². The van der Waals surface area contributed by atoms with Gasteiger partial charge in [-0.3, -0.25) is 0 Å². The minimum absolute atomic E-state index is 0.242. The second-order valence-electron chi connectivity index (χ2n) is 7.13. The second kappa shape index (κ2) is 6.82. The van der Waals surface area contributed by atoms with Crippen molar-refractivity contribution in [3.8, 4) is 11.1 Å². The van der Waals surface area contributed by atoms with E-state index in [4.69, 9.17) is 4.74 Å². The van der Waals surface area contributed by atoms with Gasteiger partial charge in [-0.05, 0) is 23.7 Å².